The SMILES string of the molecule is CN(C)C(=O)CC1CC2(CCN(C(=O)c3cccs3)CC2)Oc2ccccc21. The van der Waals surface area contributed by atoms with Gasteiger partial charge in [0.2, 0.25) is 5.91 Å². The molecule has 2 aromatic rings. The first kappa shape index (κ1) is 19.0. The van der Waals surface area contributed by atoms with E-state index in [-0.39, 0.29) is 23.3 Å². The molecule has 28 heavy (non-hydrogen) atoms. The Morgan fingerprint density at radius 1 is 1.18 bits per heavy atom. The van der Waals surface area contributed by atoms with Gasteiger partial charge in [-0.25, -0.2) is 0 Å². The number of rotatable bonds is 3. The van der Waals surface area contributed by atoms with Crippen LogP contribution in [0.2, 0.25) is 0 Å². The molecule has 1 spiro atoms. The van der Waals surface area contributed by atoms with Crippen LogP contribution in [0.15, 0.2) is 41.8 Å². The first-order valence-corrected chi connectivity index (χ1v) is 10.7. The third kappa shape index (κ3) is 3.65. The van der Waals surface area contributed by atoms with E-state index in [1.807, 2.05) is 40.6 Å². The Labute approximate surface area is 169 Å². The summed E-state index contributed by atoms with van der Waals surface area (Å²) >= 11 is 1.49. The Hall–Kier alpha value is -2.34. The highest BCUT2D eigenvalue weighted by atomic mass is 32.1. The predicted octanol–water partition coefficient (Wildman–Crippen LogP) is 3.77. The second-order valence-corrected chi connectivity index (χ2v) is 8.93. The molecule has 0 bridgehead atoms. The van der Waals surface area contributed by atoms with E-state index in [0.29, 0.717) is 19.5 Å². The van der Waals surface area contributed by atoms with Crippen molar-refractivity contribution in [2.24, 2.45) is 0 Å². The summed E-state index contributed by atoms with van der Waals surface area (Å²) in [7, 11) is 3.61. The van der Waals surface area contributed by atoms with Crippen LogP contribution in [-0.2, 0) is 4.79 Å². The van der Waals surface area contributed by atoms with Gasteiger partial charge in [-0.15, -0.1) is 11.3 Å². The number of piperidine rings is 1. The number of amides is 2. The van der Waals surface area contributed by atoms with Crippen molar-refractivity contribution in [3.63, 3.8) is 0 Å². The minimum atomic E-state index is -0.294. The molecular weight excluding hydrogens is 372 g/mol. The summed E-state index contributed by atoms with van der Waals surface area (Å²) in [5.41, 5.74) is 0.832. The third-order valence-electron chi connectivity index (χ3n) is 5.92. The molecule has 0 radical (unpaired) electrons. The number of benzene rings is 1. The van der Waals surface area contributed by atoms with Crippen LogP contribution in [0.4, 0.5) is 0 Å². The number of likely N-dealkylation sites (tertiary alicyclic amines) is 1. The fraction of sp³-hybridized carbons (Fsp3) is 0.455. The molecule has 0 saturated carbocycles. The third-order valence-corrected chi connectivity index (χ3v) is 6.78. The van der Waals surface area contributed by atoms with Gasteiger partial charge in [0.25, 0.3) is 5.91 Å². The Bertz CT molecular complexity index is 854. The minimum Gasteiger partial charge on any atom is -0.487 e. The van der Waals surface area contributed by atoms with Crippen LogP contribution in [0.25, 0.3) is 0 Å². The monoisotopic (exact) mass is 398 g/mol. The predicted molar refractivity (Wildman–Crippen MR) is 110 cm³/mol. The number of nitrogens with zero attached hydrogens (tertiary/aromatic N) is 2. The Morgan fingerprint density at radius 3 is 2.61 bits per heavy atom. The quantitative estimate of drug-likeness (QED) is 0.791. The average molecular weight is 399 g/mol. The molecule has 148 valence electrons. The number of para-hydroxylation sites is 1. The summed E-state index contributed by atoms with van der Waals surface area (Å²) in [5, 5.41) is 1.94. The lowest BCUT2D eigenvalue weighted by Gasteiger charge is -2.47. The molecule has 2 amide bonds. The van der Waals surface area contributed by atoms with Crippen molar-refractivity contribution in [2.75, 3.05) is 27.2 Å². The Kier molecular flexibility index (Phi) is 5.15. The standard InChI is InChI=1S/C22H26N2O3S/c1-23(2)20(25)14-16-15-22(27-18-7-4-3-6-17(16)18)9-11-24(12-10-22)21(26)19-8-5-13-28-19/h3-8,13,16H,9-12,14-15H2,1-2H3. The van der Waals surface area contributed by atoms with Gasteiger partial charge in [-0.3, -0.25) is 9.59 Å². The van der Waals surface area contributed by atoms with E-state index in [2.05, 4.69) is 6.07 Å². The molecule has 0 aliphatic carbocycles. The summed E-state index contributed by atoms with van der Waals surface area (Å²) < 4.78 is 6.49. The molecule has 4 rings (SSSR count). The van der Waals surface area contributed by atoms with Gasteiger partial charge in [-0.1, -0.05) is 24.3 Å². The van der Waals surface area contributed by atoms with Crippen molar-refractivity contribution in [1.82, 2.24) is 9.80 Å². The normalized spacial score (nSPS) is 20.4. The molecule has 2 aliphatic rings. The van der Waals surface area contributed by atoms with Crippen molar-refractivity contribution in [2.45, 2.75) is 37.2 Å². The highest BCUT2D eigenvalue weighted by Crippen LogP contribution is 2.46. The Morgan fingerprint density at radius 2 is 1.93 bits per heavy atom. The van der Waals surface area contributed by atoms with Crippen LogP contribution in [0, 0.1) is 0 Å². The lowest BCUT2D eigenvalue weighted by molar-refractivity contribution is -0.129. The van der Waals surface area contributed by atoms with Crippen LogP contribution in [0.1, 0.15) is 46.8 Å². The molecule has 2 aliphatic heterocycles. The van der Waals surface area contributed by atoms with Gasteiger partial charge in [0.1, 0.15) is 11.4 Å². The summed E-state index contributed by atoms with van der Waals surface area (Å²) in [4.78, 5) is 29.4. The second kappa shape index (κ2) is 7.59. The van der Waals surface area contributed by atoms with Crippen LogP contribution in [-0.4, -0.2) is 54.4 Å². The molecule has 1 atom stereocenters. The van der Waals surface area contributed by atoms with Gasteiger partial charge in [0, 0.05) is 52.4 Å². The van der Waals surface area contributed by atoms with Crippen molar-refractivity contribution < 1.29 is 14.3 Å². The van der Waals surface area contributed by atoms with E-state index in [4.69, 9.17) is 4.74 Å². The number of hydrogen-bond acceptors (Lipinski definition) is 4. The number of carbonyl (C=O) groups excluding carboxylic acids is 2. The molecule has 0 N–H and O–H groups in total. The van der Waals surface area contributed by atoms with E-state index in [1.165, 1.54) is 11.3 Å². The minimum absolute atomic E-state index is 0.111. The summed E-state index contributed by atoms with van der Waals surface area (Å²) in [6.07, 6.45) is 2.91. The van der Waals surface area contributed by atoms with E-state index in [9.17, 15) is 9.59 Å². The van der Waals surface area contributed by atoms with E-state index < -0.39 is 0 Å². The van der Waals surface area contributed by atoms with E-state index in [1.54, 1.807) is 19.0 Å². The smallest absolute Gasteiger partial charge is 0.263 e. The lowest BCUT2D eigenvalue weighted by atomic mass is 9.76. The molecule has 1 aromatic heterocycles. The zero-order chi connectivity index (χ0) is 19.7. The summed E-state index contributed by atoms with van der Waals surface area (Å²) in [6.45, 7) is 1.38. The summed E-state index contributed by atoms with van der Waals surface area (Å²) in [5.74, 6) is 1.30. The maximum Gasteiger partial charge on any atom is 0.263 e. The van der Waals surface area contributed by atoms with Gasteiger partial charge in [0.05, 0.1) is 4.88 Å². The number of hydrogen-bond donors (Lipinski definition) is 0. The van der Waals surface area contributed by atoms with E-state index >= 15 is 0 Å². The fourth-order valence-corrected chi connectivity index (χ4v) is 4.99. The first-order valence-electron chi connectivity index (χ1n) is 9.78. The molecule has 1 aromatic carbocycles. The van der Waals surface area contributed by atoms with Gasteiger partial charge in [0.15, 0.2) is 0 Å². The van der Waals surface area contributed by atoms with Crippen LogP contribution in [0.3, 0.4) is 0 Å². The number of fused-ring (bicyclic) bond motifs is 1. The molecule has 3 heterocycles. The molecular formula is C22H26N2O3S. The number of ether oxygens (including phenoxy) is 1. The van der Waals surface area contributed by atoms with Crippen LogP contribution < -0.4 is 4.74 Å². The molecule has 1 fully saturated rings. The highest BCUT2D eigenvalue weighted by molar-refractivity contribution is 7.12. The topological polar surface area (TPSA) is 49.9 Å². The van der Waals surface area contributed by atoms with Crippen LogP contribution in [0.5, 0.6) is 5.75 Å². The van der Waals surface area contributed by atoms with Crippen LogP contribution >= 0.6 is 11.3 Å². The van der Waals surface area contributed by atoms with Crippen molar-refractivity contribution in [1.29, 1.82) is 0 Å². The summed E-state index contributed by atoms with van der Waals surface area (Å²) in [6, 6.07) is 11.9. The first-order chi connectivity index (χ1) is 13.5. The average Bonchev–Trinajstić information content (AvgIpc) is 3.23. The zero-order valence-electron chi connectivity index (χ0n) is 16.4. The molecule has 6 heteroatoms. The second-order valence-electron chi connectivity index (χ2n) is 7.99. The molecule has 1 saturated heterocycles. The maximum absolute atomic E-state index is 12.7. The van der Waals surface area contributed by atoms with Gasteiger partial charge < -0.3 is 14.5 Å². The molecule has 1 unspecified atom stereocenters. The van der Waals surface area contributed by atoms with Gasteiger partial charge in [-0.05, 0) is 29.5 Å². The number of thiophene rings is 1. The fourth-order valence-electron chi connectivity index (χ4n) is 4.30. The van der Waals surface area contributed by atoms with Crippen molar-refractivity contribution in [3.05, 3.63) is 52.2 Å². The highest BCUT2D eigenvalue weighted by Gasteiger charge is 2.44. The van der Waals surface area contributed by atoms with Crippen molar-refractivity contribution in [3.8, 4) is 5.75 Å². The maximum atomic E-state index is 12.7. The van der Waals surface area contributed by atoms with Gasteiger partial charge >= 0.3 is 0 Å². The Balaban J connectivity index is 1.51. The van der Waals surface area contributed by atoms with Gasteiger partial charge in [-0.2, -0.15) is 0 Å². The largest absolute Gasteiger partial charge is 0.487 e. The zero-order valence-corrected chi connectivity index (χ0v) is 17.2. The number of carbonyl (C=O) groups is 2. The van der Waals surface area contributed by atoms with E-state index in [0.717, 1.165) is 35.5 Å². The molecule has 5 nitrogen and oxygen atoms in total. The lowest BCUT2D eigenvalue weighted by Crippen LogP contribution is -2.52. The van der Waals surface area contributed by atoms with Crippen molar-refractivity contribution >= 4 is 23.2 Å².